The molecular weight excluding hydrogens is 540 g/mol. The van der Waals surface area contributed by atoms with E-state index in [9.17, 15) is 9.59 Å². The Bertz CT molecular complexity index is 213. The summed E-state index contributed by atoms with van der Waals surface area (Å²) in [7, 11) is 32.5. The van der Waals surface area contributed by atoms with Crippen molar-refractivity contribution in [2.75, 3.05) is 142 Å². The van der Waals surface area contributed by atoms with E-state index in [2.05, 4.69) is 47.4 Å². The molecule has 0 saturated carbocycles. The van der Waals surface area contributed by atoms with Gasteiger partial charge in [0, 0.05) is 155 Å². The third kappa shape index (κ3) is 2180. The number of hydrogen-bond donors (Lipinski definition) is 0. The molecule has 0 rings (SSSR count). The zero-order chi connectivity index (χ0) is 34.3. The van der Waals surface area contributed by atoms with Gasteiger partial charge in [0.25, 0.3) is 0 Å². The van der Waals surface area contributed by atoms with Crippen molar-refractivity contribution in [3.05, 3.63) is 0 Å². The van der Waals surface area contributed by atoms with E-state index in [1.54, 1.807) is 156 Å². The van der Waals surface area contributed by atoms with Crippen molar-refractivity contribution in [3.8, 4) is 0 Å². The predicted octanol–water partition coefficient (Wildman–Crippen LogP) is 5.23. The molecular formula is C29H80O12. The van der Waals surface area contributed by atoms with Crippen LogP contribution in [-0.2, 0) is 57.0 Å². The summed E-state index contributed by atoms with van der Waals surface area (Å²) in [6.45, 7) is 3.08. The highest BCUT2D eigenvalue weighted by Crippen LogP contribution is 1.95. The van der Waals surface area contributed by atoms with Gasteiger partial charge in [0.1, 0.15) is 11.6 Å². The van der Waals surface area contributed by atoms with Crippen molar-refractivity contribution in [2.24, 2.45) is 0 Å². The van der Waals surface area contributed by atoms with Crippen LogP contribution in [0.15, 0.2) is 0 Å². The van der Waals surface area contributed by atoms with E-state index in [-0.39, 0.29) is 26.4 Å². The number of carbonyl (C=O) groups is 2. The number of rotatable bonds is 4. The van der Waals surface area contributed by atoms with Gasteiger partial charge in [-0.15, -0.1) is 0 Å². The topological polar surface area (TPSA) is 126 Å². The van der Waals surface area contributed by atoms with E-state index in [1.807, 2.05) is 0 Å². The van der Waals surface area contributed by atoms with Crippen LogP contribution in [0.1, 0.15) is 48.0 Å². The maximum absolute atomic E-state index is 10.3. The number of methoxy groups -OCH3 is 10. The van der Waals surface area contributed by atoms with Gasteiger partial charge >= 0.3 is 0 Å². The van der Waals surface area contributed by atoms with Gasteiger partial charge in [-0.3, -0.25) is 0 Å². The number of carbonyl (C=O) groups excluding carboxylic acids is 2. The first-order valence-corrected chi connectivity index (χ1v) is 11.3. The zero-order valence-electron chi connectivity index (χ0n) is 30.0. The third-order valence-corrected chi connectivity index (χ3v) is 1.06. The first-order chi connectivity index (χ1) is 18.3. The number of hydrogen-bond acceptors (Lipinski definition) is 12. The Kier molecular flexibility index (Phi) is 354. The quantitative estimate of drug-likeness (QED) is 0.408. The molecule has 0 atom stereocenters. The maximum atomic E-state index is 10.3. The molecule has 268 valence electrons. The monoisotopic (exact) mass is 621 g/mol. The van der Waals surface area contributed by atoms with Crippen molar-refractivity contribution in [2.45, 2.75) is 48.0 Å². The Balaban J connectivity index is -0.0000000198. The number of Topliss-reactive ketones (excluding diaryl/α,β-unsaturated/α-hetero) is 2. The lowest BCUT2D eigenvalue weighted by molar-refractivity contribution is -0.118. The van der Waals surface area contributed by atoms with Gasteiger partial charge in [0.05, 0.1) is 0 Å². The SMILES string of the molecule is C.C.CC(=O)CCCC(C)=O.COC.COC.COC.COC.COC.COC.COC.COC.COC.COC. The van der Waals surface area contributed by atoms with Gasteiger partial charge in [0.15, 0.2) is 0 Å². The average Bonchev–Trinajstić information content (AvgIpc) is 2.79. The second-order valence-electron chi connectivity index (χ2n) is 6.34. The van der Waals surface area contributed by atoms with Crippen LogP contribution in [0.4, 0.5) is 0 Å². The molecule has 0 N–H and O–H groups in total. The molecule has 0 radical (unpaired) electrons. The fourth-order valence-electron chi connectivity index (χ4n) is 0.586. The Hall–Kier alpha value is -1.06. The minimum absolute atomic E-state index is 0. The van der Waals surface area contributed by atoms with Crippen molar-refractivity contribution in [3.63, 3.8) is 0 Å². The van der Waals surface area contributed by atoms with Gasteiger partial charge in [-0.1, -0.05) is 14.9 Å². The number of ether oxygens (including phenoxy) is 10. The molecule has 0 aliphatic carbocycles. The second-order valence-corrected chi connectivity index (χ2v) is 6.34. The normalized spacial score (nSPS) is 6.39. The van der Waals surface area contributed by atoms with Gasteiger partial charge in [-0.05, 0) is 20.3 Å². The maximum Gasteiger partial charge on any atom is 0.129 e. The number of ketones is 2. The Morgan fingerprint density at radius 2 is 0.390 bits per heavy atom. The van der Waals surface area contributed by atoms with Crippen molar-refractivity contribution in [1.82, 2.24) is 0 Å². The van der Waals surface area contributed by atoms with Crippen molar-refractivity contribution < 1.29 is 57.0 Å². The van der Waals surface area contributed by atoms with Gasteiger partial charge in [0.2, 0.25) is 0 Å². The highest BCUT2D eigenvalue weighted by molar-refractivity contribution is 5.78. The molecule has 0 bridgehead atoms. The standard InChI is InChI=1S/C7H12O2.10C2H6O.2CH4/c1-6(8)4-3-5-7(2)9;10*1-3-2;;/h3-5H2,1-2H3;10*1-2H3;2*1H4. The first-order valence-electron chi connectivity index (χ1n) is 11.3. The summed E-state index contributed by atoms with van der Waals surface area (Å²) in [5.74, 6) is 0.326. The van der Waals surface area contributed by atoms with Crippen LogP contribution in [0.2, 0.25) is 0 Å². The summed E-state index contributed by atoms with van der Waals surface area (Å²) in [6, 6.07) is 0. The minimum Gasteiger partial charge on any atom is -0.388 e. The molecule has 0 heterocycles. The van der Waals surface area contributed by atoms with E-state index in [1.165, 1.54) is 0 Å². The molecule has 12 heteroatoms. The van der Waals surface area contributed by atoms with E-state index in [4.69, 9.17) is 0 Å². The molecule has 0 fully saturated rings. The lowest BCUT2D eigenvalue weighted by Crippen LogP contribution is -1.93. The first kappa shape index (κ1) is 83.4. The van der Waals surface area contributed by atoms with Crippen molar-refractivity contribution in [1.29, 1.82) is 0 Å². The smallest absolute Gasteiger partial charge is 0.129 e. The van der Waals surface area contributed by atoms with Crippen molar-refractivity contribution >= 4 is 11.6 Å². The fourth-order valence-corrected chi connectivity index (χ4v) is 0.586. The van der Waals surface area contributed by atoms with Crippen LogP contribution in [-0.4, -0.2) is 154 Å². The average molecular weight is 621 g/mol. The summed E-state index contributed by atoms with van der Waals surface area (Å²) in [5.41, 5.74) is 0. The Morgan fingerprint density at radius 3 is 0.439 bits per heavy atom. The van der Waals surface area contributed by atoms with Crippen LogP contribution in [0.5, 0.6) is 0 Å². The van der Waals surface area contributed by atoms with Crippen LogP contribution in [0.25, 0.3) is 0 Å². The van der Waals surface area contributed by atoms with E-state index < -0.39 is 0 Å². The predicted molar refractivity (Wildman–Crippen MR) is 178 cm³/mol. The highest BCUT2D eigenvalue weighted by atomic mass is 16.5. The van der Waals surface area contributed by atoms with E-state index in [0.717, 1.165) is 0 Å². The second kappa shape index (κ2) is 174. The lowest BCUT2D eigenvalue weighted by Gasteiger charge is -1.90. The molecule has 41 heavy (non-hydrogen) atoms. The molecule has 0 amide bonds. The third-order valence-electron chi connectivity index (χ3n) is 1.06. The fraction of sp³-hybridized carbons (Fsp3) is 0.931. The molecule has 0 unspecified atom stereocenters. The largest absolute Gasteiger partial charge is 0.388 e. The molecule has 0 spiro atoms. The summed E-state index contributed by atoms with van der Waals surface area (Å²) in [4.78, 5) is 20.6. The van der Waals surface area contributed by atoms with Crippen LogP contribution in [0, 0.1) is 0 Å². The van der Waals surface area contributed by atoms with Crippen LogP contribution in [0.3, 0.4) is 0 Å². The minimum atomic E-state index is 0. The van der Waals surface area contributed by atoms with Gasteiger partial charge in [-0.2, -0.15) is 0 Å². The van der Waals surface area contributed by atoms with E-state index in [0.29, 0.717) is 19.3 Å². The van der Waals surface area contributed by atoms with Gasteiger partial charge in [-0.25, -0.2) is 0 Å². The Labute approximate surface area is 258 Å². The summed E-state index contributed by atoms with van der Waals surface area (Å²) >= 11 is 0. The summed E-state index contributed by atoms with van der Waals surface area (Å²) < 4.78 is 42.5. The molecule has 12 nitrogen and oxygen atoms in total. The molecule has 0 aromatic heterocycles. The summed E-state index contributed by atoms with van der Waals surface area (Å²) in [6.07, 6.45) is 1.80. The molecule has 0 aromatic rings. The lowest BCUT2D eigenvalue weighted by atomic mass is 10.1. The van der Waals surface area contributed by atoms with Crippen LogP contribution >= 0.6 is 0 Å². The molecule has 0 aliphatic rings. The zero-order valence-corrected chi connectivity index (χ0v) is 30.0. The Morgan fingerprint density at radius 1 is 0.317 bits per heavy atom. The molecule has 0 aliphatic heterocycles. The highest BCUT2D eigenvalue weighted by Gasteiger charge is 1.95. The van der Waals surface area contributed by atoms with E-state index >= 15 is 0 Å². The molecule has 0 saturated heterocycles. The molecule has 0 aromatic carbocycles. The summed E-state index contributed by atoms with van der Waals surface area (Å²) in [5, 5.41) is 0. The van der Waals surface area contributed by atoms with Crippen LogP contribution < -0.4 is 0 Å². The van der Waals surface area contributed by atoms with Gasteiger partial charge < -0.3 is 57.0 Å².